The van der Waals surface area contributed by atoms with E-state index >= 15 is 0 Å². The average molecular weight is 245 g/mol. The van der Waals surface area contributed by atoms with E-state index in [4.69, 9.17) is 4.74 Å². The van der Waals surface area contributed by atoms with Crippen molar-refractivity contribution < 1.29 is 9.53 Å². The second-order valence-electron chi connectivity index (χ2n) is 4.33. The van der Waals surface area contributed by atoms with E-state index in [9.17, 15) is 4.79 Å². The molecule has 3 nitrogen and oxygen atoms in total. The molecule has 16 heavy (non-hydrogen) atoms. The zero-order valence-electron chi connectivity index (χ0n) is 10.5. The van der Waals surface area contributed by atoms with Crippen LogP contribution in [0.3, 0.4) is 0 Å². The Morgan fingerprint density at radius 2 is 2.19 bits per heavy atom. The lowest BCUT2D eigenvalue weighted by atomic mass is 9.84. The summed E-state index contributed by atoms with van der Waals surface area (Å²) >= 11 is 1.92. The van der Waals surface area contributed by atoms with Crippen LogP contribution in [-0.2, 0) is 9.53 Å². The van der Waals surface area contributed by atoms with Gasteiger partial charge in [0, 0.05) is 11.3 Å². The third-order valence-corrected chi connectivity index (χ3v) is 4.77. The lowest BCUT2D eigenvalue weighted by molar-refractivity contribution is -0.145. The van der Waals surface area contributed by atoms with Gasteiger partial charge in [-0.2, -0.15) is 11.8 Å². The summed E-state index contributed by atoms with van der Waals surface area (Å²) in [5, 5.41) is 3.35. The van der Waals surface area contributed by atoms with Crippen molar-refractivity contribution in [1.29, 1.82) is 0 Å². The summed E-state index contributed by atoms with van der Waals surface area (Å²) in [6.45, 7) is 5.25. The normalized spacial score (nSPS) is 19.9. The van der Waals surface area contributed by atoms with Gasteiger partial charge >= 0.3 is 5.97 Å². The maximum Gasteiger partial charge on any atom is 0.323 e. The first-order valence-electron chi connectivity index (χ1n) is 6.12. The first kappa shape index (κ1) is 13.8. The SMILES string of the molecule is CCOC(=O)C(CC)NCC1(SC)CCC1. The zero-order valence-corrected chi connectivity index (χ0v) is 11.4. The molecule has 0 radical (unpaired) electrons. The van der Waals surface area contributed by atoms with Crippen LogP contribution in [0.4, 0.5) is 0 Å². The van der Waals surface area contributed by atoms with Crippen molar-refractivity contribution in [3.05, 3.63) is 0 Å². The molecule has 0 aromatic carbocycles. The van der Waals surface area contributed by atoms with Crippen molar-refractivity contribution in [1.82, 2.24) is 5.32 Å². The predicted molar refractivity (Wildman–Crippen MR) is 68.8 cm³/mol. The molecule has 1 saturated carbocycles. The largest absolute Gasteiger partial charge is 0.465 e. The maximum atomic E-state index is 11.6. The van der Waals surface area contributed by atoms with Crippen LogP contribution in [-0.4, -0.2) is 36.2 Å². The van der Waals surface area contributed by atoms with Gasteiger partial charge < -0.3 is 10.1 Å². The Hall–Kier alpha value is -0.220. The average Bonchev–Trinajstić information content (AvgIpc) is 2.22. The van der Waals surface area contributed by atoms with Crippen molar-refractivity contribution >= 4 is 17.7 Å². The molecule has 1 aliphatic carbocycles. The lowest BCUT2D eigenvalue weighted by Crippen LogP contribution is -2.49. The minimum atomic E-state index is -0.135. The van der Waals surface area contributed by atoms with Crippen LogP contribution < -0.4 is 5.32 Å². The van der Waals surface area contributed by atoms with Gasteiger partial charge in [-0.3, -0.25) is 4.79 Å². The fourth-order valence-electron chi connectivity index (χ4n) is 1.97. The molecule has 0 spiro atoms. The second-order valence-corrected chi connectivity index (χ2v) is 5.61. The Morgan fingerprint density at radius 1 is 1.50 bits per heavy atom. The van der Waals surface area contributed by atoms with Gasteiger partial charge in [-0.1, -0.05) is 13.3 Å². The van der Waals surface area contributed by atoms with Crippen LogP contribution in [0, 0.1) is 0 Å². The van der Waals surface area contributed by atoms with Crippen molar-refractivity contribution in [2.75, 3.05) is 19.4 Å². The van der Waals surface area contributed by atoms with Crippen molar-refractivity contribution in [2.24, 2.45) is 0 Å². The van der Waals surface area contributed by atoms with E-state index in [1.165, 1.54) is 19.3 Å². The van der Waals surface area contributed by atoms with Crippen LogP contribution in [0.25, 0.3) is 0 Å². The topological polar surface area (TPSA) is 38.3 Å². The van der Waals surface area contributed by atoms with Gasteiger partial charge in [0.25, 0.3) is 0 Å². The third kappa shape index (κ3) is 3.39. The summed E-state index contributed by atoms with van der Waals surface area (Å²) < 4.78 is 5.41. The molecule has 0 bridgehead atoms. The molecule has 94 valence electrons. The Kier molecular flexibility index (Phi) is 5.62. The number of carbonyl (C=O) groups is 1. The van der Waals surface area contributed by atoms with Crippen molar-refractivity contribution in [3.63, 3.8) is 0 Å². The van der Waals surface area contributed by atoms with Crippen molar-refractivity contribution in [2.45, 2.75) is 50.3 Å². The number of esters is 1. The number of hydrogen-bond donors (Lipinski definition) is 1. The summed E-state index contributed by atoms with van der Waals surface area (Å²) in [6, 6.07) is -0.135. The maximum absolute atomic E-state index is 11.6. The highest BCUT2D eigenvalue weighted by Gasteiger charge is 2.36. The molecule has 1 unspecified atom stereocenters. The molecule has 0 heterocycles. The molecule has 0 aliphatic heterocycles. The Labute approximate surface area is 103 Å². The van der Waals surface area contributed by atoms with Crippen LogP contribution in [0.5, 0.6) is 0 Å². The summed E-state index contributed by atoms with van der Waals surface area (Å²) in [4.78, 5) is 11.6. The van der Waals surface area contributed by atoms with Crippen LogP contribution in [0.2, 0.25) is 0 Å². The molecular weight excluding hydrogens is 222 g/mol. The summed E-state index contributed by atoms with van der Waals surface area (Å²) in [5.41, 5.74) is 0. The summed E-state index contributed by atoms with van der Waals surface area (Å²) in [5.74, 6) is -0.111. The number of thioether (sulfide) groups is 1. The molecule has 1 atom stereocenters. The third-order valence-electron chi connectivity index (χ3n) is 3.35. The molecule has 1 fully saturated rings. The number of ether oxygens (including phenoxy) is 1. The monoisotopic (exact) mass is 245 g/mol. The first-order valence-corrected chi connectivity index (χ1v) is 7.35. The molecule has 4 heteroatoms. The molecule has 0 aromatic rings. The fourth-order valence-corrected chi connectivity index (χ4v) is 2.90. The molecule has 0 saturated heterocycles. The van der Waals surface area contributed by atoms with Gasteiger partial charge in [0.2, 0.25) is 0 Å². The highest BCUT2D eigenvalue weighted by molar-refractivity contribution is 8.00. The summed E-state index contributed by atoms with van der Waals surface area (Å²) in [7, 11) is 0. The smallest absolute Gasteiger partial charge is 0.323 e. The van der Waals surface area contributed by atoms with E-state index in [0.717, 1.165) is 13.0 Å². The Morgan fingerprint density at radius 3 is 2.56 bits per heavy atom. The first-order chi connectivity index (χ1) is 7.67. The fraction of sp³-hybridized carbons (Fsp3) is 0.917. The minimum Gasteiger partial charge on any atom is -0.465 e. The molecule has 0 aromatic heterocycles. The minimum absolute atomic E-state index is 0.111. The van der Waals surface area contributed by atoms with Crippen LogP contribution in [0.1, 0.15) is 39.5 Å². The van der Waals surface area contributed by atoms with Gasteiger partial charge in [-0.15, -0.1) is 0 Å². The van der Waals surface area contributed by atoms with E-state index in [0.29, 0.717) is 11.4 Å². The second kappa shape index (κ2) is 6.50. The quantitative estimate of drug-likeness (QED) is 0.698. The van der Waals surface area contributed by atoms with E-state index in [-0.39, 0.29) is 12.0 Å². The highest BCUT2D eigenvalue weighted by Crippen LogP contribution is 2.42. The van der Waals surface area contributed by atoms with Crippen molar-refractivity contribution in [3.8, 4) is 0 Å². The molecule has 1 N–H and O–H groups in total. The van der Waals surface area contributed by atoms with Gasteiger partial charge in [0.1, 0.15) is 6.04 Å². The molecule has 1 aliphatic rings. The van der Waals surface area contributed by atoms with E-state index in [1.54, 1.807) is 0 Å². The molecule has 0 amide bonds. The number of carbonyl (C=O) groups excluding carboxylic acids is 1. The Balaban J connectivity index is 2.35. The number of rotatable bonds is 7. The van der Waals surface area contributed by atoms with Crippen LogP contribution >= 0.6 is 11.8 Å². The standard InChI is InChI=1S/C12H23NO2S/c1-4-10(11(14)15-5-2)13-9-12(16-3)7-6-8-12/h10,13H,4-9H2,1-3H3. The number of hydrogen-bond acceptors (Lipinski definition) is 4. The zero-order chi connectivity index (χ0) is 12.0. The van der Waals surface area contributed by atoms with E-state index in [1.807, 2.05) is 25.6 Å². The van der Waals surface area contributed by atoms with E-state index < -0.39 is 0 Å². The van der Waals surface area contributed by atoms with Gasteiger partial charge in [0.05, 0.1) is 6.61 Å². The van der Waals surface area contributed by atoms with Crippen LogP contribution in [0.15, 0.2) is 0 Å². The highest BCUT2D eigenvalue weighted by atomic mass is 32.2. The molecular formula is C12H23NO2S. The molecule has 1 rings (SSSR count). The lowest BCUT2D eigenvalue weighted by Gasteiger charge is -2.41. The predicted octanol–water partition coefficient (Wildman–Crippen LogP) is 2.20. The van der Waals surface area contributed by atoms with Gasteiger partial charge in [-0.25, -0.2) is 0 Å². The summed E-state index contributed by atoms with van der Waals surface area (Å²) in [6.07, 6.45) is 6.80. The van der Waals surface area contributed by atoms with E-state index in [2.05, 4.69) is 11.6 Å². The van der Waals surface area contributed by atoms with Gasteiger partial charge in [-0.05, 0) is 32.4 Å². The Bertz CT molecular complexity index is 224. The van der Waals surface area contributed by atoms with Gasteiger partial charge in [0.15, 0.2) is 0 Å². The number of nitrogens with one attached hydrogen (secondary N) is 1.